The summed E-state index contributed by atoms with van der Waals surface area (Å²) in [4.78, 5) is 11.0. The van der Waals surface area contributed by atoms with E-state index in [4.69, 9.17) is 19.7 Å². The first-order valence-electron chi connectivity index (χ1n) is 4.72. The number of aliphatic hydroxyl groups is 2. The summed E-state index contributed by atoms with van der Waals surface area (Å²) in [5, 5.41) is 17.5. The van der Waals surface area contributed by atoms with E-state index in [9.17, 15) is 4.79 Å². The summed E-state index contributed by atoms with van der Waals surface area (Å²) < 4.78 is 9.55. The van der Waals surface area contributed by atoms with Crippen molar-refractivity contribution < 1.29 is 24.5 Å². The average molecular weight is 238 g/mol. The maximum atomic E-state index is 11.0. The van der Waals surface area contributed by atoms with Crippen molar-refractivity contribution in [1.82, 2.24) is 0 Å². The van der Waals surface area contributed by atoms with Crippen LogP contribution in [0.1, 0.15) is 6.42 Å². The Labute approximate surface area is 93.8 Å². The minimum Gasteiger partial charge on any atom is -0.463 e. The molecule has 2 N–H and O–H groups in total. The van der Waals surface area contributed by atoms with Crippen LogP contribution in [0.25, 0.3) is 0 Å². The van der Waals surface area contributed by atoms with Crippen molar-refractivity contribution in [2.24, 2.45) is 0 Å². The monoisotopic (exact) mass is 238 g/mol. The van der Waals surface area contributed by atoms with Crippen LogP contribution in [0.15, 0.2) is 0 Å². The molecule has 0 saturated carbocycles. The van der Waals surface area contributed by atoms with Gasteiger partial charge in [-0.05, 0) is 0 Å². The van der Waals surface area contributed by atoms with Crippen molar-refractivity contribution in [1.29, 1.82) is 0 Å². The van der Waals surface area contributed by atoms with Gasteiger partial charge in [-0.15, -0.1) is 0 Å². The minimum absolute atomic E-state index is 0.245. The molecule has 0 radical (unpaired) electrons. The molecule has 6 heteroatoms. The van der Waals surface area contributed by atoms with Gasteiger partial charge in [-0.2, -0.15) is 11.8 Å². The maximum Gasteiger partial charge on any atom is 0.306 e. The molecule has 0 aliphatic carbocycles. The lowest BCUT2D eigenvalue weighted by Crippen LogP contribution is -2.16. The smallest absolute Gasteiger partial charge is 0.306 e. The highest BCUT2D eigenvalue weighted by molar-refractivity contribution is 7.99. The SMILES string of the molecule is COCCOC(=O)CCSCC(O)CO. The van der Waals surface area contributed by atoms with Crippen molar-refractivity contribution in [3.8, 4) is 0 Å². The fourth-order valence-corrected chi connectivity index (χ4v) is 1.59. The molecule has 1 unspecified atom stereocenters. The normalized spacial score (nSPS) is 12.5. The molecule has 90 valence electrons. The highest BCUT2D eigenvalue weighted by Gasteiger charge is 2.05. The molecular weight excluding hydrogens is 220 g/mol. The van der Waals surface area contributed by atoms with Gasteiger partial charge in [0, 0.05) is 18.6 Å². The van der Waals surface area contributed by atoms with Crippen LogP contribution < -0.4 is 0 Å². The lowest BCUT2D eigenvalue weighted by Gasteiger charge is -2.06. The van der Waals surface area contributed by atoms with E-state index < -0.39 is 6.10 Å². The lowest BCUT2D eigenvalue weighted by atomic mass is 10.4. The van der Waals surface area contributed by atoms with Gasteiger partial charge in [-0.25, -0.2) is 0 Å². The van der Waals surface area contributed by atoms with E-state index in [0.29, 0.717) is 24.5 Å². The van der Waals surface area contributed by atoms with Gasteiger partial charge in [0.2, 0.25) is 0 Å². The highest BCUT2D eigenvalue weighted by atomic mass is 32.2. The second-order valence-electron chi connectivity index (χ2n) is 2.87. The van der Waals surface area contributed by atoms with Gasteiger partial charge < -0.3 is 19.7 Å². The van der Waals surface area contributed by atoms with Crippen LogP contribution in [-0.2, 0) is 14.3 Å². The Balaban J connectivity index is 3.23. The predicted octanol–water partition coefficient (Wildman–Crippen LogP) is -0.348. The first-order valence-corrected chi connectivity index (χ1v) is 5.87. The van der Waals surface area contributed by atoms with Crippen molar-refractivity contribution >= 4 is 17.7 Å². The molecule has 0 aliphatic heterocycles. The maximum absolute atomic E-state index is 11.0. The van der Waals surface area contributed by atoms with E-state index in [1.165, 1.54) is 11.8 Å². The third-order valence-electron chi connectivity index (χ3n) is 1.52. The Kier molecular flexibility index (Phi) is 10.0. The largest absolute Gasteiger partial charge is 0.463 e. The Bertz CT molecular complexity index is 165. The fourth-order valence-electron chi connectivity index (χ4n) is 0.739. The van der Waals surface area contributed by atoms with Gasteiger partial charge in [0.1, 0.15) is 6.61 Å². The summed E-state index contributed by atoms with van der Waals surface area (Å²) in [5.74, 6) is 0.753. The van der Waals surface area contributed by atoms with Crippen LogP contribution in [0.5, 0.6) is 0 Å². The third kappa shape index (κ3) is 9.99. The number of carbonyl (C=O) groups is 1. The number of carbonyl (C=O) groups excluding carboxylic acids is 1. The number of esters is 1. The zero-order valence-electron chi connectivity index (χ0n) is 8.85. The molecule has 15 heavy (non-hydrogen) atoms. The van der Waals surface area contributed by atoms with Gasteiger partial charge in [-0.3, -0.25) is 4.79 Å². The predicted molar refractivity (Wildman–Crippen MR) is 57.9 cm³/mol. The molecule has 1 atom stereocenters. The Hall–Kier alpha value is -0.300. The number of thioether (sulfide) groups is 1. The summed E-state index contributed by atoms with van der Waals surface area (Å²) >= 11 is 1.41. The van der Waals surface area contributed by atoms with Crippen molar-refractivity contribution in [3.05, 3.63) is 0 Å². The van der Waals surface area contributed by atoms with Crippen LogP contribution in [0.3, 0.4) is 0 Å². The molecule has 0 aromatic rings. The van der Waals surface area contributed by atoms with Crippen LogP contribution in [0.4, 0.5) is 0 Å². The molecule has 0 saturated heterocycles. The molecule has 0 aliphatic rings. The molecule has 0 aromatic carbocycles. The standard InChI is InChI=1S/C9H18O5S/c1-13-3-4-14-9(12)2-5-15-7-8(11)6-10/h8,10-11H,2-7H2,1H3. The lowest BCUT2D eigenvalue weighted by molar-refractivity contribution is -0.144. The zero-order chi connectivity index (χ0) is 11.5. The van der Waals surface area contributed by atoms with Gasteiger partial charge in [0.15, 0.2) is 0 Å². The summed E-state index contributed by atoms with van der Waals surface area (Å²) in [6, 6.07) is 0. The number of hydrogen-bond acceptors (Lipinski definition) is 6. The average Bonchev–Trinajstić information content (AvgIpc) is 2.24. The Morgan fingerprint density at radius 2 is 2.20 bits per heavy atom. The van der Waals surface area contributed by atoms with E-state index in [1.807, 2.05) is 0 Å². The molecule has 0 amide bonds. The van der Waals surface area contributed by atoms with Gasteiger partial charge in [-0.1, -0.05) is 0 Å². The van der Waals surface area contributed by atoms with E-state index in [2.05, 4.69) is 0 Å². The van der Waals surface area contributed by atoms with E-state index >= 15 is 0 Å². The molecule has 5 nitrogen and oxygen atoms in total. The molecule has 0 spiro atoms. The molecule has 0 bridgehead atoms. The first-order chi connectivity index (χ1) is 7.20. The molecule has 0 rings (SSSR count). The quantitative estimate of drug-likeness (QED) is 0.422. The van der Waals surface area contributed by atoms with Gasteiger partial charge >= 0.3 is 5.97 Å². The van der Waals surface area contributed by atoms with Crippen molar-refractivity contribution in [2.75, 3.05) is 38.4 Å². The Morgan fingerprint density at radius 3 is 2.80 bits per heavy atom. The van der Waals surface area contributed by atoms with Gasteiger partial charge in [0.25, 0.3) is 0 Å². The summed E-state index contributed by atoms with van der Waals surface area (Å²) in [5.41, 5.74) is 0. The number of rotatable bonds is 9. The second kappa shape index (κ2) is 10.2. The number of methoxy groups -OCH3 is 1. The van der Waals surface area contributed by atoms with Crippen molar-refractivity contribution in [2.45, 2.75) is 12.5 Å². The minimum atomic E-state index is -0.709. The topological polar surface area (TPSA) is 76.0 Å². The summed E-state index contributed by atoms with van der Waals surface area (Å²) in [6.07, 6.45) is -0.397. The van der Waals surface area contributed by atoms with E-state index in [1.54, 1.807) is 7.11 Å². The van der Waals surface area contributed by atoms with Crippen LogP contribution in [-0.4, -0.2) is 60.7 Å². The summed E-state index contributed by atoms with van der Waals surface area (Å²) in [6.45, 7) is 0.437. The van der Waals surface area contributed by atoms with Crippen LogP contribution in [0.2, 0.25) is 0 Å². The van der Waals surface area contributed by atoms with E-state index in [-0.39, 0.29) is 19.2 Å². The number of aliphatic hydroxyl groups excluding tert-OH is 2. The van der Waals surface area contributed by atoms with Crippen molar-refractivity contribution in [3.63, 3.8) is 0 Å². The Morgan fingerprint density at radius 1 is 1.47 bits per heavy atom. The first kappa shape index (κ1) is 14.7. The molecule has 0 aromatic heterocycles. The molecule has 0 heterocycles. The number of hydrogen-bond donors (Lipinski definition) is 2. The number of ether oxygens (including phenoxy) is 2. The van der Waals surface area contributed by atoms with Crippen LogP contribution >= 0.6 is 11.8 Å². The van der Waals surface area contributed by atoms with E-state index in [0.717, 1.165) is 0 Å². The van der Waals surface area contributed by atoms with Gasteiger partial charge in [0.05, 0.1) is 25.7 Å². The highest BCUT2D eigenvalue weighted by Crippen LogP contribution is 2.05. The zero-order valence-corrected chi connectivity index (χ0v) is 9.66. The molecular formula is C9H18O5S. The van der Waals surface area contributed by atoms with Crippen LogP contribution in [0, 0.1) is 0 Å². The molecule has 0 fully saturated rings. The second-order valence-corrected chi connectivity index (χ2v) is 4.02. The third-order valence-corrected chi connectivity index (χ3v) is 2.64. The summed E-state index contributed by atoms with van der Waals surface area (Å²) in [7, 11) is 1.54. The fraction of sp³-hybridized carbons (Fsp3) is 0.889.